The van der Waals surface area contributed by atoms with E-state index in [-0.39, 0.29) is 11.0 Å². The predicted octanol–water partition coefficient (Wildman–Crippen LogP) is 15.9. The summed E-state index contributed by atoms with van der Waals surface area (Å²) in [5.74, 6) is 0. The van der Waals surface area contributed by atoms with Gasteiger partial charge in [0.25, 0.3) is 0 Å². The fourth-order valence-corrected chi connectivity index (χ4v) is 10.1. The third kappa shape index (κ3) is 6.34. The number of fused-ring (bicyclic) bond motifs is 5. The molecular weight excluding hydrogens is 749 g/mol. The number of allylic oxidation sites excluding steroid dienone is 2. The standard InChI is InChI=1S/C60H48N2/c1-59(2)55-22-14-13-21-53(55)58-57(59)54-41-49(31-36-56(54)61(58)50-19-11-6-12-20-50)47-25-23-44(24-26-47)46-29-34-52(35-30-46)62(51-32-27-45(28-33-51)42-15-7-4-8-16-42)60(3)39-37-48(38-40-60)43-17-9-5-10-18-43/h4-39,41H,40H2,1-3H3. The van der Waals surface area contributed by atoms with Crippen LogP contribution in [0.15, 0.2) is 224 Å². The molecule has 1 aromatic heterocycles. The van der Waals surface area contributed by atoms with E-state index in [1.807, 2.05) is 0 Å². The first kappa shape index (κ1) is 37.6. The van der Waals surface area contributed by atoms with Crippen molar-refractivity contribution in [3.63, 3.8) is 0 Å². The van der Waals surface area contributed by atoms with E-state index in [9.17, 15) is 0 Å². The van der Waals surface area contributed by atoms with Gasteiger partial charge in [0.05, 0.1) is 16.7 Å². The van der Waals surface area contributed by atoms with Crippen molar-refractivity contribution in [2.75, 3.05) is 4.90 Å². The molecule has 0 aliphatic heterocycles. The molecule has 8 aromatic carbocycles. The second-order valence-corrected chi connectivity index (χ2v) is 17.6. The lowest BCUT2D eigenvalue weighted by Gasteiger charge is -2.42. The molecule has 2 heteroatoms. The molecule has 2 aliphatic rings. The smallest absolute Gasteiger partial charge is 0.0643 e. The lowest BCUT2D eigenvalue weighted by Crippen LogP contribution is -2.42. The summed E-state index contributed by atoms with van der Waals surface area (Å²) in [6.45, 7) is 7.11. The van der Waals surface area contributed by atoms with Crippen LogP contribution >= 0.6 is 0 Å². The van der Waals surface area contributed by atoms with Crippen LogP contribution in [0.3, 0.4) is 0 Å². The topological polar surface area (TPSA) is 8.17 Å². The van der Waals surface area contributed by atoms with E-state index in [0.29, 0.717) is 0 Å². The Labute approximate surface area is 365 Å². The van der Waals surface area contributed by atoms with Crippen molar-refractivity contribution in [2.24, 2.45) is 0 Å². The second kappa shape index (κ2) is 14.9. The van der Waals surface area contributed by atoms with Crippen LogP contribution in [-0.4, -0.2) is 10.1 Å². The molecule has 0 amide bonds. The van der Waals surface area contributed by atoms with E-state index in [1.54, 1.807) is 0 Å². The van der Waals surface area contributed by atoms with Crippen molar-refractivity contribution >= 4 is 27.9 Å². The third-order valence-corrected chi connectivity index (χ3v) is 13.3. The summed E-state index contributed by atoms with van der Waals surface area (Å²) in [7, 11) is 0. The van der Waals surface area contributed by atoms with Crippen LogP contribution in [0.4, 0.5) is 11.4 Å². The highest BCUT2D eigenvalue weighted by Gasteiger charge is 2.40. The largest absolute Gasteiger partial charge is 0.332 e. The molecule has 1 unspecified atom stereocenters. The Hall–Kier alpha value is -7.42. The average molecular weight is 797 g/mol. The van der Waals surface area contributed by atoms with E-state index >= 15 is 0 Å². The fraction of sp³-hybridized carbons (Fsp3) is 0.100. The molecule has 2 aliphatic carbocycles. The molecule has 0 radical (unpaired) electrons. The van der Waals surface area contributed by atoms with Crippen molar-refractivity contribution in [2.45, 2.75) is 38.1 Å². The number of rotatable bonds is 8. The maximum absolute atomic E-state index is 2.50. The fourth-order valence-electron chi connectivity index (χ4n) is 10.1. The maximum atomic E-state index is 2.50. The Morgan fingerprint density at radius 2 is 0.952 bits per heavy atom. The number of para-hydroxylation sites is 1. The highest BCUT2D eigenvalue weighted by molar-refractivity contribution is 6.01. The van der Waals surface area contributed by atoms with Crippen molar-refractivity contribution in [3.8, 4) is 50.3 Å². The zero-order valence-corrected chi connectivity index (χ0v) is 35.5. The maximum Gasteiger partial charge on any atom is 0.0643 e. The van der Waals surface area contributed by atoms with Gasteiger partial charge in [-0.15, -0.1) is 0 Å². The van der Waals surface area contributed by atoms with Gasteiger partial charge in [-0.2, -0.15) is 0 Å². The summed E-state index contributed by atoms with van der Waals surface area (Å²) in [5.41, 5.74) is 19.6. The number of hydrogen-bond donors (Lipinski definition) is 0. The molecule has 0 saturated heterocycles. The summed E-state index contributed by atoms with van der Waals surface area (Å²) in [5, 5.41) is 1.31. The molecule has 0 fully saturated rings. The number of benzene rings is 8. The first-order chi connectivity index (χ1) is 30.4. The van der Waals surface area contributed by atoms with Gasteiger partial charge in [-0.25, -0.2) is 0 Å². The third-order valence-electron chi connectivity index (χ3n) is 13.3. The molecule has 0 bridgehead atoms. The normalized spacial score (nSPS) is 16.1. The van der Waals surface area contributed by atoms with E-state index in [1.165, 1.54) is 89.2 Å². The van der Waals surface area contributed by atoms with Gasteiger partial charge >= 0.3 is 0 Å². The SMILES string of the molecule is CC1(C)c2ccccc2-c2c1c1cc(-c3ccc(-c4ccc(N(c5ccc(-c6ccccc6)cc5)C5(C)C=CC(c6ccccc6)=CC5)cc4)cc3)ccc1n2-c1ccccc1. The molecule has 1 atom stereocenters. The minimum Gasteiger partial charge on any atom is -0.332 e. The van der Waals surface area contributed by atoms with Crippen LogP contribution in [0.5, 0.6) is 0 Å². The molecule has 1 heterocycles. The van der Waals surface area contributed by atoms with Gasteiger partial charge in [-0.3, -0.25) is 0 Å². The van der Waals surface area contributed by atoms with Crippen LogP contribution in [0.1, 0.15) is 43.9 Å². The second-order valence-electron chi connectivity index (χ2n) is 17.6. The van der Waals surface area contributed by atoms with Crippen LogP contribution in [0.25, 0.3) is 66.8 Å². The predicted molar refractivity (Wildman–Crippen MR) is 262 cm³/mol. The lowest BCUT2D eigenvalue weighted by atomic mass is 9.81. The molecule has 0 saturated carbocycles. The van der Waals surface area contributed by atoms with Crippen LogP contribution in [0, 0.1) is 0 Å². The quantitative estimate of drug-likeness (QED) is 0.149. The minimum absolute atomic E-state index is 0.119. The van der Waals surface area contributed by atoms with Gasteiger partial charge in [0.15, 0.2) is 0 Å². The Morgan fingerprint density at radius 3 is 1.53 bits per heavy atom. The minimum atomic E-state index is -0.267. The molecule has 2 nitrogen and oxygen atoms in total. The van der Waals surface area contributed by atoms with Crippen LogP contribution < -0.4 is 4.90 Å². The number of hydrogen-bond acceptors (Lipinski definition) is 1. The molecule has 298 valence electrons. The first-order valence-corrected chi connectivity index (χ1v) is 21.8. The Morgan fingerprint density at radius 1 is 0.468 bits per heavy atom. The van der Waals surface area contributed by atoms with Crippen molar-refractivity contribution in [3.05, 3.63) is 241 Å². The van der Waals surface area contributed by atoms with Gasteiger partial charge in [0, 0.05) is 33.4 Å². The zero-order chi connectivity index (χ0) is 41.8. The summed E-state index contributed by atoms with van der Waals surface area (Å²) < 4.78 is 2.47. The van der Waals surface area contributed by atoms with Gasteiger partial charge in [-0.05, 0) is 118 Å². The molecule has 0 spiro atoms. The summed E-state index contributed by atoms with van der Waals surface area (Å²) in [6, 6.07) is 75.4. The first-order valence-electron chi connectivity index (χ1n) is 21.8. The number of anilines is 2. The number of aromatic nitrogens is 1. The lowest BCUT2D eigenvalue weighted by molar-refractivity contribution is 0.571. The monoisotopic (exact) mass is 796 g/mol. The van der Waals surface area contributed by atoms with Crippen molar-refractivity contribution < 1.29 is 0 Å². The highest BCUT2D eigenvalue weighted by atomic mass is 15.2. The summed E-state index contributed by atoms with van der Waals surface area (Å²) >= 11 is 0. The summed E-state index contributed by atoms with van der Waals surface area (Å²) in [6.07, 6.45) is 7.95. The number of nitrogens with zero attached hydrogens (tertiary/aromatic N) is 2. The van der Waals surface area contributed by atoms with Gasteiger partial charge in [0.1, 0.15) is 0 Å². The van der Waals surface area contributed by atoms with Gasteiger partial charge in [-0.1, -0.05) is 190 Å². The average Bonchev–Trinajstić information content (AvgIpc) is 3.80. The van der Waals surface area contributed by atoms with E-state index in [2.05, 4.69) is 255 Å². The van der Waals surface area contributed by atoms with Gasteiger partial charge in [0.2, 0.25) is 0 Å². The Bertz CT molecular complexity index is 3130. The van der Waals surface area contributed by atoms with Crippen molar-refractivity contribution in [1.82, 2.24) is 4.57 Å². The molecule has 9 aromatic rings. The summed E-state index contributed by atoms with van der Waals surface area (Å²) in [4.78, 5) is 2.50. The van der Waals surface area contributed by atoms with E-state index < -0.39 is 0 Å². The van der Waals surface area contributed by atoms with Gasteiger partial charge < -0.3 is 9.47 Å². The zero-order valence-electron chi connectivity index (χ0n) is 35.5. The van der Waals surface area contributed by atoms with E-state index in [4.69, 9.17) is 0 Å². The van der Waals surface area contributed by atoms with E-state index in [0.717, 1.165) is 12.1 Å². The van der Waals surface area contributed by atoms with Crippen molar-refractivity contribution in [1.29, 1.82) is 0 Å². The molecular formula is C60H48N2. The molecule has 11 rings (SSSR count). The van der Waals surface area contributed by atoms with Crippen LogP contribution in [0.2, 0.25) is 0 Å². The highest BCUT2D eigenvalue weighted by Crippen LogP contribution is 2.54. The molecule has 0 N–H and O–H groups in total. The van der Waals surface area contributed by atoms with Crippen LogP contribution in [-0.2, 0) is 5.41 Å². The Balaban J connectivity index is 0.919. The Kier molecular flexibility index (Phi) is 9.05. The molecule has 62 heavy (non-hydrogen) atoms.